The van der Waals surface area contributed by atoms with Gasteiger partial charge >= 0.3 is 6.18 Å². The van der Waals surface area contributed by atoms with E-state index < -0.39 is 17.6 Å². The highest BCUT2D eigenvalue weighted by molar-refractivity contribution is 5.49. The van der Waals surface area contributed by atoms with Gasteiger partial charge in [0, 0.05) is 24.6 Å². The summed E-state index contributed by atoms with van der Waals surface area (Å²) in [6, 6.07) is 8.63. The van der Waals surface area contributed by atoms with E-state index >= 15 is 0 Å². The summed E-state index contributed by atoms with van der Waals surface area (Å²) < 4.78 is 64.4. The Morgan fingerprint density at radius 3 is 2.77 bits per heavy atom. The predicted octanol–water partition coefficient (Wildman–Crippen LogP) is 3.80. The monoisotopic (exact) mass is 420 g/mol. The fraction of sp³-hybridized carbons (Fsp3) is 0.300. The van der Waals surface area contributed by atoms with Crippen LogP contribution in [0.1, 0.15) is 29.2 Å². The van der Waals surface area contributed by atoms with Crippen LogP contribution in [-0.2, 0) is 12.7 Å². The van der Waals surface area contributed by atoms with Crippen LogP contribution in [0.3, 0.4) is 0 Å². The van der Waals surface area contributed by atoms with Crippen LogP contribution in [0.2, 0.25) is 0 Å². The summed E-state index contributed by atoms with van der Waals surface area (Å²) in [6.07, 6.45) is -2.26. The average molecular weight is 420 g/mol. The molecule has 1 aromatic heterocycles. The molecule has 0 amide bonds. The molecule has 0 bridgehead atoms. The highest BCUT2D eigenvalue weighted by Gasteiger charge is 2.40. The van der Waals surface area contributed by atoms with Crippen molar-refractivity contribution in [3.63, 3.8) is 0 Å². The highest BCUT2D eigenvalue weighted by Crippen LogP contribution is 2.43. The van der Waals surface area contributed by atoms with Crippen LogP contribution in [-0.4, -0.2) is 27.8 Å². The first kappa shape index (κ1) is 18.9. The van der Waals surface area contributed by atoms with Crippen molar-refractivity contribution in [1.82, 2.24) is 20.3 Å². The largest absolute Gasteiger partial charge is 0.454 e. The number of hydrogen-bond acceptors (Lipinski definition) is 5. The number of halogens is 4. The minimum absolute atomic E-state index is 0.00670. The average Bonchev–Trinajstić information content (AvgIpc) is 3.11. The molecule has 2 aliphatic rings. The van der Waals surface area contributed by atoms with Crippen LogP contribution in [0.5, 0.6) is 11.5 Å². The van der Waals surface area contributed by atoms with Gasteiger partial charge < -0.3 is 14.8 Å². The minimum atomic E-state index is -4.70. The SMILES string of the molecule is Fc1ccc([C@@H]2C[C@H]2NCc2cn(-c3ccc4c(c3)OCO4)nn2)cc1C(F)(F)F. The van der Waals surface area contributed by atoms with E-state index in [2.05, 4.69) is 15.6 Å². The van der Waals surface area contributed by atoms with Crippen molar-refractivity contribution >= 4 is 0 Å². The molecule has 0 unspecified atom stereocenters. The first-order chi connectivity index (χ1) is 14.4. The Labute approximate surface area is 168 Å². The second-order valence-corrected chi connectivity index (χ2v) is 7.26. The Bertz CT molecular complexity index is 1100. The van der Waals surface area contributed by atoms with Crippen molar-refractivity contribution in [3.8, 4) is 17.2 Å². The maximum atomic E-state index is 13.5. The van der Waals surface area contributed by atoms with E-state index in [0.717, 1.165) is 17.8 Å². The first-order valence-electron chi connectivity index (χ1n) is 9.30. The normalized spacial score (nSPS) is 19.9. The molecule has 6 nitrogen and oxygen atoms in total. The Morgan fingerprint density at radius 2 is 1.93 bits per heavy atom. The summed E-state index contributed by atoms with van der Waals surface area (Å²) >= 11 is 0. The zero-order chi connectivity index (χ0) is 20.9. The fourth-order valence-electron chi connectivity index (χ4n) is 3.55. The van der Waals surface area contributed by atoms with Gasteiger partial charge in [0.05, 0.1) is 23.1 Å². The van der Waals surface area contributed by atoms with Gasteiger partial charge in [-0.05, 0) is 36.2 Å². The lowest BCUT2D eigenvalue weighted by atomic mass is 10.1. The van der Waals surface area contributed by atoms with Gasteiger partial charge in [-0.25, -0.2) is 9.07 Å². The smallest absolute Gasteiger partial charge is 0.419 e. The van der Waals surface area contributed by atoms with E-state index in [4.69, 9.17) is 9.47 Å². The molecule has 2 heterocycles. The zero-order valence-electron chi connectivity index (χ0n) is 15.5. The van der Waals surface area contributed by atoms with Crippen LogP contribution >= 0.6 is 0 Å². The summed E-state index contributed by atoms with van der Waals surface area (Å²) in [5.41, 5.74) is 0.712. The molecule has 0 saturated heterocycles. The van der Waals surface area contributed by atoms with Crippen LogP contribution < -0.4 is 14.8 Å². The number of ether oxygens (including phenoxy) is 2. The van der Waals surface area contributed by atoms with Crippen molar-refractivity contribution in [3.05, 3.63) is 65.2 Å². The lowest BCUT2D eigenvalue weighted by Gasteiger charge is -2.10. The van der Waals surface area contributed by atoms with Gasteiger partial charge in [0.2, 0.25) is 6.79 Å². The number of nitrogens with zero attached hydrogens (tertiary/aromatic N) is 3. The van der Waals surface area contributed by atoms with Crippen molar-refractivity contribution in [2.45, 2.75) is 31.1 Å². The third kappa shape index (κ3) is 3.58. The number of rotatable bonds is 5. The number of nitrogens with one attached hydrogen (secondary N) is 1. The lowest BCUT2D eigenvalue weighted by molar-refractivity contribution is -0.140. The highest BCUT2D eigenvalue weighted by atomic mass is 19.4. The third-order valence-electron chi connectivity index (χ3n) is 5.22. The Balaban J connectivity index is 1.22. The molecule has 0 spiro atoms. The fourth-order valence-corrected chi connectivity index (χ4v) is 3.55. The van der Waals surface area contributed by atoms with E-state index in [1.165, 1.54) is 6.07 Å². The van der Waals surface area contributed by atoms with Crippen molar-refractivity contribution in [1.29, 1.82) is 0 Å². The van der Waals surface area contributed by atoms with Crippen LogP contribution in [0.15, 0.2) is 42.6 Å². The summed E-state index contributed by atoms with van der Waals surface area (Å²) in [7, 11) is 0. The van der Waals surface area contributed by atoms with Gasteiger partial charge in [-0.1, -0.05) is 11.3 Å². The molecule has 1 saturated carbocycles. The Hall–Kier alpha value is -3.14. The second kappa shape index (κ2) is 6.98. The minimum Gasteiger partial charge on any atom is -0.454 e. The molecule has 10 heteroatoms. The molecule has 3 aromatic rings. The third-order valence-corrected chi connectivity index (χ3v) is 5.22. The van der Waals surface area contributed by atoms with E-state index in [1.54, 1.807) is 23.0 Å². The molecule has 1 aliphatic carbocycles. The molecule has 1 N–H and O–H groups in total. The first-order valence-corrected chi connectivity index (χ1v) is 9.30. The summed E-state index contributed by atoms with van der Waals surface area (Å²) in [5, 5.41) is 11.5. The zero-order valence-corrected chi connectivity index (χ0v) is 15.5. The molecule has 30 heavy (non-hydrogen) atoms. The van der Waals surface area contributed by atoms with Crippen molar-refractivity contribution in [2.75, 3.05) is 6.79 Å². The van der Waals surface area contributed by atoms with Crippen LogP contribution in [0, 0.1) is 5.82 Å². The van der Waals surface area contributed by atoms with Gasteiger partial charge in [-0.3, -0.25) is 0 Å². The van der Waals surface area contributed by atoms with Gasteiger partial charge in [0.25, 0.3) is 0 Å². The van der Waals surface area contributed by atoms with Gasteiger partial charge in [0.1, 0.15) is 5.82 Å². The number of aromatic nitrogens is 3. The van der Waals surface area contributed by atoms with E-state index in [0.29, 0.717) is 35.7 Å². The predicted molar refractivity (Wildman–Crippen MR) is 96.9 cm³/mol. The Morgan fingerprint density at radius 1 is 1.10 bits per heavy atom. The molecule has 1 fully saturated rings. The van der Waals surface area contributed by atoms with E-state index in [1.807, 2.05) is 6.07 Å². The van der Waals surface area contributed by atoms with E-state index in [-0.39, 0.29) is 18.8 Å². The Kier molecular flexibility index (Phi) is 4.39. The van der Waals surface area contributed by atoms with Crippen molar-refractivity contribution < 1.29 is 27.0 Å². The lowest BCUT2D eigenvalue weighted by Crippen LogP contribution is -2.17. The second-order valence-electron chi connectivity index (χ2n) is 7.26. The quantitative estimate of drug-likeness (QED) is 0.637. The van der Waals surface area contributed by atoms with Crippen LogP contribution in [0.4, 0.5) is 17.6 Å². The molecular weight excluding hydrogens is 404 g/mol. The number of benzene rings is 2. The molecular formula is C20H16F4N4O2. The standard InChI is InChI=1S/C20H16F4N4O2/c21-16-3-1-11(5-15(16)20(22,23)24)14-7-17(14)25-8-12-9-28(27-26-12)13-2-4-18-19(6-13)30-10-29-18/h1-6,9,14,17,25H,7-8,10H2/t14-,17+/m0/s1. The molecule has 2 aromatic carbocycles. The van der Waals surface area contributed by atoms with Gasteiger partial charge in [-0.2, -0.15) is 13.2 Å². The summed E-state index contributed by atoms with van der Waals surface area (Å²) in [6.45, 7) is 0.603. The van der Waals surface area contributed by atoms with Gasteiger partial charge in [0.15, 0.2) is 11.5 Å². The van der Waals surface area contributed by atoms with E-state index in [9.17, 15) is 17.6 Å². The molecule has 1 aliphatic heterocycles. The molecule has 156 valence electrons. The number of fused-ring (bicyclic) bond motifs is 1. The van der Waals surface area contributed by atoms with Crippen molar-refractivity contribution in [2.24, 2.45) is 0 Å². The molecule has 2 atom stereocenters. The molecule has 5 rings (SSSR count). The van der Waals surface area contributed by atoms with Crippen LogP contribution in [0.25, 0.3) is 5.69 Å². The number of hydrogen-bond donors (Lipinski definition) is 1. The summed E-state index contributed by atoms with van der Waals surface area (Å²) in [4.78, 5) is 0. The molecule has 0 radical (unpaired) electrons. The maximum absolute atomic E-state index is 13.5. The topological polar surface area (TPSA) is 61.2 Å². The summed E-state index contributed by atoms with van der Waals surface area (Å²) in [5.74, 6) is -0.0248. The number of alkyl halides is 3. The maximum Gasteiger partial charge on any atom is 0.419 e. The van der Waals surface area contributed by atoms with Gasteiger partial charge in [-0.15, -0.1) is 5.10 Å².